The minimum absolute atomic E-state index is 0.189. The Morgan fingerprint density at radius 2 is 2.00 bits per heavy atom. The quantitative estimate of drug-likeness (QED) is 0.727. The number of ether oxygens (including phenoxy) is 1. The first-order valence-electron chi connectivity index (χ1n) is 10.3. The third-order valence-electron chi connectivity index (χ3n) is 6.01. The molecule has 0 bridgehead atoms. The lowest BCUT2D eigenvalue weighted by molar-refractivity contribution is -0.112. The molecular weight excluding hydrogens is 427 g/mol. The van der Waals surface area contributed by atoms with Gasteiger partial charge in [0.1, 0.15) is 11.5 Å². The van der Waals surface area contributed by atoms with Crippen LogP contribution in [0.15, 0.2) is 35.2 Å². The lowest BCUT2D eigenvalue weighted by Crippen LogP contribution is -2.38. The van der Waals surface area contributed by atoms with E-state index in [0.717, 1.165) is 37.3 Å². The Labute approximate surface area is 182 Å². The number of carbonyl (C=O) groups is 1. The fraction of sp³-hybridized carbons (Fsp3) is 0.476. The number of carbonyl (C=O) groups excluding carboxylic acids is 1. The van der Waals surface area contributed by atoms with Crippen molar-refractivity contribution >= 4 is 28.2 Å². The van der Waals surface area contributed by atoms with Crippen LogP contribution in [0.2, 0.25) is 0 Å². The number of aliphatic hydroxyl groups is 1. The second kappa shape index (κ2) is 8.45. The minimum Gasteiger partial charge on any atom is -0.494 e. The summed E-state index contributed by atoms with van der Waals surface area (Å²) < 4.78 is 47.4. The van der Waals surface area contributed by atoms with Crippen molar-refractivity contribution in [1.82, 2.24) is 9.78 Å². The van der Waals surface area contributed by atoms with Crippen LogP contribution in [0.5, 0.6) is 5.75 Å². The average molecular weight is 451 g/mol. The van der Waals surface area contributed by atoms with Gasteiger partial charge in [0.05, 0.1) is 30.9 Å². The van der Waals surface area contributed by atoms with Crippen molar-refractivity contribution in [2.45, 2.75) is 37.9 Å². The SMILES string of the molecule is COc1cc2nn(C3CCC(CO)CC3)cc2cc1N1C=C(C(F)(F)F)N=C(C(N)=O)C1. The van der Waals surface area contributed by atoms with Gasteiger partial charge in [-0.05, 0) is 37.7 Å². The average Bonchev–Trinajstić information content (AvgIpc) is 3.20. The van der Waals surface area contributed by atoms with E-state index in [-0.39, 0.29) is 19.2 Å². The Kier molecular flexibility index (Phi) is 5.85. The standard InChI is InChI=1S/C21H24F3N5O3/c1-32-18-7-15-13(8-29(27-15)14-4-2-12(11-30)3-5-14)6-17(18)28-9-16(20(25)31)26-19(10-28)21(22,23)24/h6-8,10,12,14,30H,2-5,9,11H2,1H3,(H2,25,31). The first kappa shape index (κ1) is 22.1. The lowest BCUT2D eigenvalue weighted by Gasteiger charge is -2.27. The van der Waals surface area contributed by atoms with Crippen LogP contribution in [-0.2, 0) is 4.79 Å². The Balaban J connectivity index is 1.70. The number of halogens is 3. The number of fused-ring (bicyclic) bond motifs is 1. The number of aliphatic imine (C=N–C) groups is 1. The van der Waals surface area contributed by atoms with Crippen LogP contribution in [0.4, 0.5) is 18.9 Å². The third kappa shape index (κ3) is 4.29. The number of benzene rings is 1. The van der Waals surface area contributed by atoms with Gasteiger partial charge < -0.3 is 20.5 Å². The number of hydrogen-bond acceptors (Lipinski definition) is 6. The fourth-order valence-corrected chi connectivity index (χ4v) is 4.22. The second-order valence-electron chi connectivity index (χ2n) is 8.11. The molecule has 2 aliphatic rings. The zero-order valence-electron chi connectivity index (χ0n) is 17.5. The van der Waals surface area contributed by atoms with E-state index in [2.05, 4.69) is 10.1 Å². The number of allylic oxidation sites excluding steroid dienone is 1. The Morgan fingerprint density at radius 1 is 1.28 bits per heavy atom. The number of rotatable bonds is 5. The van der Waals surface area contributed by atoms with E-state index in [1.165, 1.54) is 12.0 Å². The summed E-state index contributed by atoms with van der Waals surface area (Å²) in [6, 6.07) is 3.54. The van der Waals surface area contributed by atoms with Gasteiger partial charge in [-0.15, -0.1) is 0 Å². The highest BCUT2D eigenvalue weighted by Gasteiger charge is 2.38. The van der Waals surface area contributed by atoms with Gasteiger partial charge in [0.25, 0.3) is 5.91 Å². The number of alkyl halides is 3. The number of amides is 1. The van der Waals surface area contributed by atoms with Gasteiger partial charge in [0, 0.05) is 30.5 Å². The van der Waals surface area contributed by atoms with E-state index in [1.54, 1.807) is 12.1 Å². The van der Waals surface area contributed by atoms with Crippen molar-refractivity contribution in [2.24, 2.45) is 16.6 Å². The molecule has 1 aromatic heterocycles. The normalized spacial score (nSPS) is 22.0. The monoisotopic (exact) mass is 451 g/mol. The molecular formula is C21H24F3N5O3. The molecule has 0 saturated heterocycles. The van der Waals surface area contributed by atoms with Crippen LogP contribution < -0.4 is 15.4 Å². The molecule has 11 heteroatoms. The maximum Gasteiger partial charge on any atom is 0.434 e. The molecule has 2 heterocycles. The molecule has 1 saturated carbocycles. The predicted octanol–water partition coefficient (Wildman–Crippen LogP) is 2.92. The fourth-order valence-electron chi connectivity index (χ4n) is 4.22. The highest BCUT2D eigenvalue weighted by atomic mass is 19.4. The number of hydrogen-bond donors (Lipinski definition) is 2. The molecule has 0 radical (unpaired) electrons. The number of nitrogens with zero attached hydrogens (tertiary/aromatic N) is 4. The molecule has 1 aliphatic carbocycles. The number of aromatic nitrogens is 2. The molecule has 8 nitrogen and oxygen atoms in total. The molecule has 4 rings (SSSR count). The summed E-state index contributed by atoms with van der Waals surface area (Å²) in [6.07, 6.45) is 1.59. The molecule has 3 N–H and O–H groups in total. The van der Waals surface area contributed by atoms with Crippen LogP contribution in [-0.4, -0.2) is 52.9 Å². The lowest BCUT2D eigenvalue weighted by atomic mass is 9.87. The van der Waals surface area contributed by atoms with Crippen molar-refractivity contribution in [3.63, 3.8) is 0 Å². The van der Waals surface area contributed by atoms with E-state index in [1.807, 2.05) is 10.9 Å². The van der Waals surface area contributed by atoms with Gasteiger partial charge in [0.2, 0.25) is 0 Å². The third-order valence-corrected chi connectivity index (χ3v) is 6.01. The summed E-state index contributed by atoms with van der Waals surface area (Å²) in [4.78, 5) is 16.3. The molecule has 172 valence electrons. The Bertz CT molecular complexity index is 1080. The van der Waals surface area contributed by atoms with Crippen LogP contribution in [0.3, 0.4) is 0 Å². The van der Waals surface area contributed by atoms with Crippen molar-refractivity contribution in [2.75, 3.05) is 25.2 Å². The van der Waals surface area contributed by atoms with Crippen molar-refractivity contribution in [1.29, 1.82) is 0 Å². The van der Waals surface area contributed by atoms with Gasteiger partial charge in [-0.3, -0.25) is 9.48 Å². The highest BCUT2D eigenvalue weighted by molar-refractivity contribution is 6.40. The summed E-state index contributed by atoms with van der Waals surface area (Å²) in [6.45, 7) is -0.0235. The molecule has 2 aromatic rings. The molecule has 1 fully saturated rings. The van der Waals surface area contributed by atoms with Gasteiger partial charge in [-0.1, -0.05) is 0 Å². The largest absolute Gasteiger partial charge is 0.494 e. The molecule has 32 heavy (non-hydrogen) atoms. The molecule has 0 atom stereocenters. The van der Waals surface area contributed by atoms with Crippen LogP contribution in [0.1, 0.15) is 31.7 Å². The smallest absolute Gasteiger partial charge is 0.434 e. The van der Waals surface area contributed by atoms with E-state index >= 15 is 0 Å². The van der Waals surface area contributed by atoms with Crippen LogP contribution in [0.25, 0.3) is 10.9 Å². The number of aliphatic hydroxyl groups excluding tert-OH is 1. The zero-order chi connectivity index (χ0) is 23.0. The van der Waals surface area contributed by atoms with Gasteiger partial charge in [-0.25, -0.2) is 4.99 Å². The molecule has 0 unspecified atom stereocenters. The first-order valence-corrected chi connectivity index (χ1v) is 10.3. The number of primary amides is 1. The first-order chi connectivity index (χ1) is 15.2. The summed E-state index contributed by atoms with van der Waals surface area (Å²) in [5, 5.41) is 14.7. The molecule has 0 spiro atoms. The Morgan fingerprint density at radius 3 is 2.59 bits per heavy atom. The summed E-state index contributed by atoms with van der Waals surface area (Å²) in [5.74, 6) is -0.385. The van der Waals surface area contributed by atoms with Gasteiger partial charge in [0.15, 0.2) is 5.70 Å². The van der Waals surface area contributed by atoms with E-state index in [9.17, 15) is 23.1 Å². The molecule has 1 aromatic carbocycles. The Hall–Kier alpha value is -3.08. The van der Waals surface area contributed by atoms with Crippen LogP contribution in [0, 0.1) is 5.92 Å². The maximum atomic E-state index is 13.4. The van der Waals surface area contributed by atoms with Crippen LogP contribution >= 0.6 is 0 Å². The maximum absolute atomic E-state index is 13.4. The van der Waals surface area contributed by atoms with E-state index in [4.69, 9.17) is 10.5 Å². The zero-order valence-corrected chi connectivity index (χ0v) is 17.5. The number of methoxy groups -OCH3 is 1. The van der Waals surface area contributed by atoms with Crippen molar-refractivity contribution < 1.29 is 27.8 Å². The van der Waals surface area contributed by atoms with Crippen molar-refractivity contribution in [3.05, 3.63) is 30.2 Å². The topological polar surface area (TPSA) is 106 Å². The van der Waals surface area contributed by atoms with E-state index < -0.39 is 23.5 Å². The molecule has 1 amide bonds. The summed E-state index contributed by atoms with van der Waals surface area (Å²) in [5.41, 5.74) is 4.62. The van der Waals surface area contributed by atoms with Gasteiger partial charge in [-0.2, -0.15) is 18.3 Å². The summed E-state index contributed by atoms with van der Waals surface area (Å²) in [7, 11) is 1.42. The molecule has 1 aliphatic heterocycles. The van der Waals surface area contributed by atoms with E-state index in [0.29, 0.717) is 22.9 Å². The number of nitrogens with two attached hydrogens (primary N) is 1. The second-order valence-corrected chi connectivity index (χ2v) is 8.11. The highest BCUT2D eigenvalue weighted by Crippen LogP contribution is 2.38. The minimum atomic E-state index is -4.74. The predicted molar refractivity (Wildman–Crippen MR) is 112 cm³/mol. The number of anilines is 1. The summed E-state index contributed by atoms with van der Waals surface area (Å²) >= 11 is 0. The van der Waals surface area contributed by atoms with Crippen molar-refractivity contribution in [3.8, 4) is 5.75 Å². The van der Waals surface area contributed by atoms with Gasteiger partial charge >= 0.3 is 6.18 Å².